The van der Waals surface area contributed by atoms with Crippen LogP contribution in [-0.4, -0.2) is 55.5 Å². The number of nitrogens with zero attached hydrogens (tertiary/aromatic N) is 2. The van der Waals surface area contributed by atoms with Crippen molar-refractivity contribution in [1.29, 1.82) is 0 Å². The molecule has 0 heterocycles. The Bertz CT molecular complexity index is 1710. The van der Waals surface area contributed by atoms with Crippen LogP contribution in [0.3, 0.4) is 0 Å². The number of carbonyl (C=O) groups is 1. The van der Waals surface area contributed by atoms with Crippen molar-refractivity contribution in [3.63, 3.8) is 0 Å². The molecule has 0 aliphatic heterocycles. The lowest BCUT2D eigenvalue weighted by Crippen LogP contribution is -2.39. The maximum Gasteiger partial charge on any atom is 0.265 e. The van der Waals surface area contributed by atoms with Gasteiger partial charge in [0.05, 0.1) is 45.2 Å². The first kappa shape index (κ1) is 31.7. The Morgan fingerprint density at radius 1 is 0.773 bits per heavy atom. The van der Waals surface area contributed by atoms with E-state index in [2.05, 4.69) is 10.5 Å². The van der Waals surface area contributed by atoms with Gasteiger partial charge in [-0.15, -0.1) is 0 Å². The highest BCUT2D eigenvalue weighted by Gasteiger charge is 2.31. The average Bonchev–Trinajstić information content (AvgIpc) is 3.06. The third-order valence-electron chi connectivity index (χ3n) is 6.43. The third-order valence-corrected chi connectivity index (χ3v) is 8.19. The number of para-hydroxylation sites is 1. The Kier molecular flexibility index (Phi) is 10.7. The van der Waals surface area contributed by atoms with Gasteiger partial charge in [0.25, 0.3) is 15.9 Å². The van der Waals surface area contributed by atoms with Crippen LogP contribution in [0, 0.1) is 0 Å². The van der Waals surface area contributed by atoms with E-state index in [0.717, 1.165) is 9.87 Å². The van der Waals surface area contributed by atoms with Crippen LogP contribution < -0.4 is 33.4 Å². The zero-order valence-electron chi connectivity index (χ0n) is 24.7. The maximum absolute atomic E-state index is 14.0. The number of nitrogens with one attached hydrogen (secondary N) is 1. The summed E-state index contributed by atoms with van der Waals surface area (Å²) in [7, 11) is 1.33. The van der Waals surface area contributed by atoms with Crippen molar-refractivity contribution in [2.45, 2.75) is 11.5 Å². The largest absolute Gasteiger partial charge is 0.497 e. The van der Waals surface area contributed by atoms with Gasteiger partial charge in [-0.05, 0) is 42.0 Å². The molecule has 4 rings (SSSR count). The molecule has 0 spiro atoms. The minimum atomic E-state index is -4.35. The van der Waals surface area contributed by atoms with E-state index in [4.69, 9.17) is 23.7 Å². The van der Waals surface area contributed by atoms with Crippen LogP contribution in [0.1, 0.15) is 11.1 Å². The Hall–Kier alpha value is -5.23. The average molecular weight is 620 g/mol. The van der Waals surface area contributed by atoms with Crippen molar-refractivity contribution in [3.05, 3.63) is 102 Å². The molecule has 4 aromatic carbocycles. The number of rotatable bonds is 14. The van der Waals surface area contributed by atoms with Crippen LogP contribution >= 0.6 is 0 Å². The molecular formula is C32H33N3O8S. The molecule has 0 aliphatic carbocycles. The Morgan fingerprint density at radius 3 is 2.16 bits per heavy atom. The quantitative estimate of drug-likeness (QED) is 0.160. The molecule has 0 aromatic heterocycles. The molecule has 1 amide bonds. The second kappa shape index (κ2) is 14.8. The fourth-order valence-corrected chi connectivity index (χ4v) is 5.63. The number of hydrazone groups is 1. The number of amides is 1. The second-order valence-corrected chi connectivity index (χ2v) is 11.0. The van der Waals surface area contributed by atoms with E-state index in [1.54, 1.807) is 24.3 Å². The van der Waals surface area contributed by atoms with E-state index in [1.807, 2.05) is 42.5 Å². The van der Waals surface area contributed by atoms with Crippen LogP contribution in [0.2, 0.25) is 0 Å². The molecule has 12 heteroatoms. The molecule has 1 N–H and O–H groups in total. The van der Waals surface area contributed by atoms with Crippen molar-refractivity contribution >= 4 is 27.8 Å². The monoisotopic (exact) mass is 619 g/mol. The number of methoxy groups -OCH3 is 4. The molecule has 0 saturated carbocycles. The molecule has 0 fully saturated rings. The van der Waals surface area contributed by atoms with Crippen molar-refractivity contribution in [3.8, 4) is 28.7 Å². The summed E-state index contributed by atoms with van der Waals surface area (Å²) < 4.78 is 56.2. The summed E-state index contributed by atoms with van der Waals surface area (Å²) in [5, 5.41) is 4.07. The number of hydrogen-bond donors (Lipinski definition) is 1. The minimum Gasteiger partial charge on any atom is -0.497 e. The highest BCUT2D eigenvalue weighted by molar-refractivity contribution is 7.92. The number of ether oxygens (including phenoxy) is 5. The molecule has 4 aromatic rings. The van der Waals surface area contributed by atoms with Gasteiger partial charge in [0.15, 0.2) is 11.5 Å². The summed E-state index contributed by atoms with van der Waals surface area (Å²) >= 11 is 0. The molecular weight excluding hydrogens is 586 g/mol. The van der Waals surface area contributed by atoms with E-state index in [-0.39, 0.29) is 22.1 Å². The van der Waals surface area contributed by atoms with E-state index in [0.29, 0.717) is 29.4 Å². The summed E-state index contributed by atoms with van der Waals surface area (Å²) in [5.74, 6) is 0.964. The molecule has 11 nitrogen and oxygen atoms in total. The number of hydrogen-bond acceptors (Lipinski definition) is 9. The lowest BCUT2D eigenvalue weighted by Gasteiger charge is -2.26. The molecule has 0 saturated heterocycles. The topological polar surface area (TPSA) is 125 Å². The minimum absolute atomic E-state index is 0.0837. The van der Waals surface area contributed by atoms with Gasteiger partial charge in [0.1, 0.15) is 30.4 Å². The number of anilines is 1. The standard InChI is InChI=1S/C32H33N3O8S/c1-39-25-14-16-29(40-2)27(18-25)35(44(37,38)26-15-17-30(41-3)31(19-26)42-4)21-32(36)34-33-20-24-12-8-9-13-28(24)43-22-23-10-6-5-7-11-23/h5-20H,21-22H2,1-4H3,(H,34,36)/b33-20-. The first-order valence-corrected chi connectivity index (χ1v) is 14.8. The van der Waals surface area contributed by atoms with Gasteiger partial charge in [-0.1, -0.05) is 42.5 Å². The lowest BCUT2D eigenvalue weighted by molar-refractivity contribution is -0.119. The first-order valence-electron chi connectivity index (χ1n) is 13.3. The molecule has 230 valence electrons. The maximum atomic E-state index is 14.0. The summed E-state index contributed by atoms with van der Waals surface area (Å²) in [6.45, 7) is -0.285. The highest BCUT2D eigenvalue weighted by atomic mass is 32.2. The smallest absolute Gasteiger partial charge is 0.265 e. The zero-order valence-corrected chi connectivity index (χ0v) is 25.5. The van der Waals surface area contributed by atoms with Crippen LogP contribution in [0.5, 0.6) is 28.7 Å². The number of sulfonamides is 1. The van der Waals surface area contributed by atoms with E-state index in [9.17, 15) is 13.2 Å². The molecule has 0 unspecified atom stereocenters. The van der Waals surface area contributed by atoms with Crippen molar-refractivity contribution in [2.75, 3.05) is 39.3 Å². The third kappa shape index (κ3) is 7.58. The Morgan fingerprint density at radius 2 is 1.45 bits per heavy atom. The van der Waals surface area contributed by atoms with Gasteiger partial charge >= 0.3 is 0 Å². The molecule has 0 bridgehead atoms. The normalized spacial score (nSPS) is 11.1. The fourth-order valence-electron chi connectivity index (χ4n) is 4.19. The zero-order chi connectivity index (χ0) is 31.5. The van der Waals surface area contributed by atoms with Gasteiger partial charge in [-0.25, -0.2) is 13.8 Å². The summed E-state index contributed by atoms with van der Waals surface area (Å²) in [6, 6.07) is 25.7. The molecule has 0 atom stereocenters. The van der Waals surface area contributed by atoms with Gasteiger partial charge < -0.3 is 23.7 Å². The lowest BCUT2D eigenvalue weighted by atomic mass is 10.2. The first-order chi connectivity index (χ1) is 21.3. The predicted octanol–water partition coefficient (Wildman–Crippen LogP) is 4.65. The van der Waals surface area contributed by atoms with E-state index >= 15 is 0 Å². The summed E-state index contributed by atoms with van der Waals surface area (Å²) in [4.78, 5) is 13.1. The molecule has 0 radical (unpaired) electrons. The fraction of sp³-hybridized carbons (Fsp3) is 0.188. The van der Waals surface area contributed by atoms with Crippen LogP contribution in [-0.2, 0) is 21.4 Å². The predicted molar refractivity (Wildman–Crippen MR) is 167 cm³/mol. The van der Waals surface area contributed by atoms with Gasteiger partial charge in [0, 0.05) is 17.7 Å². The molecule has 0 aliphatic rings. The van der Waals surface area contributed by atoms with Crippen molar-refractivity contribution < 1.29 is 36.9 Å². The molecule has 44 heavy (non-hydrogen) atoms. The Balaban J connectivity index is 1.60. The summed E-state index contributed by atoms with van der Waals surface area (Å²) in [6.07, 6.45) is 1.43. The van der Waals surface area contributed by atoms with Crippen molar-refractivity contribution in [2.24, 2.45) is 5.10 Å². The van der Waals surface area contributed by atoms with Gasteiger partial charge in [-0.2, -0.15) is 5.10 Å². The summed E-state index contributed by atoms with van der Waals surface area (Å²) in [5.41, 5.74) is 4.11. The number of carbonyl (C=O) groups excluding carboxylic acids is 1. The second-order valence-electron chi connectivity index (χ2n) is 9.17. The van der Waals surface area contributed by atoms with Crippen LogP contribution in [0.15, 0.2) is 101 Å². The van der Waals surface area contributed by atoms with Crippen LogP contribution in [0.4, 0.5) is 5.69 Å². The number of benzene rings is 4. The highest BCUT2D eigenvalue weighted by Crippen LogP contribution is 2.37. The van der Waals surface area contributed by atoms with Crippen molar-refractivity contribution in [1.82, 2.24) is 5.43 Å². The van der Waals surface area contributed by atoms with Gasteiger partial charge in [-0.3, -0.25) is 9.10 Å². The van der Waals surface area contributed by atoms with Crippen LogP contribution in [0.25, 0.3) is 0 Å². The van der Waals surface area contributed by atoms with E-state index < -0.39 is 22.5 Å². The Labute approximate surface area is 256 Å². The van der Waals surface area contributed by atoms with Gasteiger partial charge in [0.2, 0.25) is 0 Å². The SMILES string of the molecule is COc1ccc(OC)c(N(CC(=O)N/N=C\c2ccccc2OCc2ccccc2)S(=O)(=O)c2ccc(OC)c(OC)c2)c1. The van der Waals surface area contributed by atoms with E-state index in [1.165, 1.54) is 58.9 Å².